The SMILES string of the molecule is C=C1C2C=CCCCCCC(NC(=O)O)C(=O)N3CC(Oc4nc5ccccc5c(OCCN5CCOCC5)c4CCCCCC4CC4)CC3C(=O)NC12C(=O)NS(=O)(=O)C1(C)CC1. The summed E-state index contributed by atoms with van der Waals surface area (Å²) >= 11 is 0. The molecule has 2 aromatic rings. The van der Waals surface area contributed by atoms with E-state index in [0.29, 0.717) is 87.6 Å². The third-order valence-corrected chi connectivity index (χ3v) is 16.2. The van der Waals surface area contributed by atoms with Gasteiger partial charge >= 0.3 is 6.09 Å². The number of amides is 4. The van der Waals surface area contributed by atoms with E-state index in [1.54, 1.807) is 13.0 Å². The molecule has 17 heteroatoms. The van der Waals surface area contributed by atoms with Gasteiger partial charge in [0.15, 0.2) is 5.54 Å². The summed E-state index contributed by atoms with van der Waals surface area (Å²) in [5, 5.41) is 15.9. The average Bonchev–Trinajstić information content (AvgIpc) is 4.24. The minimum atomic E-state index is -4.08. The van der Waals surface area contributed by atoms with Crippen molar-refractivity contribution in [3.63, 3.8) is 0 Å². The molecule has 8 rings (SSSR count). The molecule has 1 aromatic carbocycles. The first-order valence-electron chi connectivity index (χ1n) is 23.4. The molecule has 0 spiro atoms. The number of aromatic nitrogens is 1. The second-order valence-electron chi connectivity index (χ2n) is 18.8. The van der Waals surface area contributed by atoms with Crippen LogP contribution in [0.3, 0.4) is 0 Å². The van der Waals surface area contributed by atoms with Gasteiger partial charge < -0.3 is 34.9 Å². The van der Waals surface area contributed by atoms with E-state index in [1.807, 2.05) is 30.3 Å². The van der Waals surface area contributed by atoms with Crippen LogP contribution >= 0.6 is 0 Å². The van der Waals surface area contributed by atoms with Crippen molar-refractivity contribution < 1.29 is 46.9 Å². The number of nitrogens with one attached hydrogen (secondary N) is 3. The summed E-state index contributed by atoms with van der Waals surface area (Å²) in [5.74, 6) is -1.01. The Balaban J connectivity index is 1.10. The first-order chi connectivity index (χ1) is 30.8. The van der Waals surface area contributed by atoms with Gasteiger partial charge in [-0.05, 0) is 75.5 Å². The van der Waals surface area contributed by atoms with Crippen LogP contribution in [0.25, 0.3) is 10.9 Å². The molecule has 16 nitrogen and oxygen atoms in total. The van der Waals surface area contributed by atoms with E-state index in [1.165, 1.54) is 24.2 Å². The molecule has 4 N–H and O–H groups in total. The Hall–Kier alpha value is -4.74. The van der Waals surface area contributed by atoms with Gasteiger partial charge in [0.25, 0.3) is 5.91 Å². The molecule has 0 radical (unpaired) electrons. The molecule has 3 saturated carbocycles. The van der Waals surface area contributed by atoms with Crippen molar-refractivity contribution in [1.82, 2.24) is 30.1 Å². The molecule has 0 bridgehead atoms. The smallest absolute Gasteiger partial charge is 0.405 e. The number of unbranched alkanes of at least 4 members (excludes halogenated alkanes) is 2. The van der Waals surface area contributed by atoms with Gasteiger partial charge in [0.2, 0.25) is 27.7 Å². The van der Waals surface area contributed by atoms with Crippen molar-refractivity contribution in [2.24, 2.45) is 11.8 Å². The zero-order chi connectivity index (χ0) is 45.1. The molecule has 1 aromatic heterocycles. The maximum Gasteiger partial charge on any atom is 0.405 e. The third-order valence-electron chi connectivity index (χ3n) is 14.1. The number of hydrogen-bond donors (Lipinski definition) is 4. The summed E-state index contributed by atoms with van der Waals surface area (Å²) in [7, 11) is -4.08. The highest BCUT2D eigenvalue weighted by Gasteiger charge is 2.66. The number of carboxylic acid groups (broad SMARTS) is 1. The number of fused-ring (bicyclic) bond motifs is 3. The number of pyridine rings is 1. The maximum atomic E-state index is 14.7. The summed E-state index contributed by atoms with van der Waals surface area (Å²) in [6.07, 6.45) is 12.6. The number of nitrogens with zero attached hydrogens (tertiary/aromatic N) is 3. The van der Waals surface area contributed by atoms with Gasteiger partial charge in [-0.1, -0.05) is 75.8 Å². The van der Waals surface area contributed by atoms with Gasteiger partial charge in [0, 0.05) is 37.4 Å². The highest BCUT2D eigenvalue weighted by atomic mass is 32.2. The van der Waals surface area contributed by atoms with Gasteiger partial charge in [0.1, 0.15) is 30.5 Å². The average molecular weight is 905 g/mol. The Bertz CT molecular complexity index is 2240. The lowest BCUT2D eigenvalue weighted by Gasteiger charge is -2.29. The van der Waals surface area contributed by atoms with Crippen LogP contribution in [-0.4, -0.2) is 127 Å². The lowest BCUT2D eigenvalue weighted by molar-refractivity contribution is -0.141. The number of carbonyl (C=O) groups is 4. The molecule has 4 amide bonds. The van der Waals surface area contributed by atoms with Crippen LogP contribution in [0.2, 0.25) is 0 Å². The summed E-state index contributed by atoms with van der Waals surface area (Å²) in [6.45, 7) is 9.77. The molecule has 348 valence electrons. The molecular weight excluding hydrogens is 841 g/mol. The van der Waals surface area contributed by atoms with Crippen LogP contribution in [0.15, 0.2) is 48.6 Å². The van der Waals surface area contributed by atoms with Gasteiger partial charge in [-0.3, -0.25) is 24.0 Å². The normalized spacial score (nSPS) is 27.4. The van der Waals surface area contributed by atoms with Crippen LogP contribution in [0.5, 0.6) is 11.6 Å². The van der Waals surface area contributed by atoms with Gasteiger partial charge in [-0.25, -0.2) is 18.2 Å². The minimum Gasteiger partial charge on any atom is -0.491 e. The number of rotatable bonds is 16. The summed E-state index contributed by atoms with van der Waals surface area (Å²) < 4.78 is 46.9. The van der Waals surface area contributed by atoms with Gasteiger partial charge in [-0.2, -0.15) is 0 Å². The van der Waals surface area contributed by atoms with Crippen molar-refractivity contribution in [3.8, 4) is 11.6 Å². The number of morpholine rings is 1. The van der Waals surface area contributed by atoms with Crippen molar-refractivity contribution >= 4 is 44.7 Å². The maximum absolute atomic E-state index is 14.7. The Labute approximate surface area is 375 Å². The number of carbonyl (C=O) groups excluding carboxylic acids is 3. The second kappa shape index (κ2) is 19.4. The van der Waals surface area contributed by atoms with Crippen molar-refractivity contribution in [1.29, 1.82) is 0 Å². The van der Waals surface area contributed by atoms with Crippen LogP contribution in [0.4, 0.5) is 4.79 Å². The predicted molar refractivity (Wildman–Crippen MR) is 239 cm³/mol. The highest BCUT2D eigenvalue weighted by Crippen LogP contribution is 2.52. The molecule has 5 unspecified atom stereocenters. The quantitative estimate of drug-likeness (QED) is 0.130. The Morgan fingerprint density at radius 1 is 1.06 bits per heavy atom. The molecular formula is C47H64N6O10S. The van der Waals surface area contributed by atoms with Gasteiger partial charge in [-0.15, -0.1) is 0 Å². The number of para-hydroxylation sites is 1. The van der Waals surface area contributed by atoms with Crippen LogP contribution in [0.1, 0.15) is 102 Å². The summed E-state index contributed by atoms with van der Waals surface area (Å²) in [4.78, 5) is 64.2. The molecule has 6 aliphatic rings. The van der Waals surface area contributed by atoms with Gasteiger partial charge in [0.05, 0.1) is 35.6 Å². The Morgan fingerprint density at radius 2 is 1.84 bits per heavy atom. The minimum absolute atomic E-state index is 0.0129. The van der Waals surface area contributed by atoms with E-state index in [4.69, 9.17) is 19.2 Å². The number of allylic oxidation sites excluding steroid dienone is 1. The molecule has 3 aliphatic carbocycles. The van der Waals surface area contributed by atoms with E-state index >= 15 is 0 Å². The fourth-order valence-electron chi connectivity index (χ4n) is 9.49. The van der Waals surface area contributed by atoms with E-state index in [2.05, 4.69) is 26.8 Å². The van der Waals surface area contributed by atoms with Crippen molar-refractivity contribution in [3.05, 3.63) is 54.1 Å². The molecule has 64 heavy (non-hydrogen) atoms. The fourth-order valence-corrected chi connectivity index (χ4v) is 10.8. The first-order valence-corrected chi connectivity index (χ1v) is 24.8. The monoisotopic (exact) mass is 904 g/mol. The zero-order valence-corrected chi connectivity index (χ0v) is 37.8. The van der Waals surface area contributed by atoms with Crippen LogP contribution in [-0.2, 0) is 35.6 Å². The highest BCUT2D eigenvalue weighted by molar-refractivity contribution is 7.91. The third kappa shape index (κ3) is 10.2. The Kier molecular flexibility index (Phi) is 13.9. The molecule has 5 fully saturated rings. The number of ether oxygens (including phenoxy) is 3. The first kappa shape index (κ1) is 45.8. The zero-order valence-electron chi connectivity index (χ0n) is 37.0. The molecule has 5 atom stereocenters. The predicted octanol–water partition coefficient (Wildman–Crippen LogP) is 5.00. The number of sulfonamides is 1. The Morgan fingerprint density at radius 3 is 2.59 bits per heavy atom. The second-order valence-corrected chi connectivity index (χ2v) is 21.0. The number of hydrogen-bond acceptors (Lipinski definition) is 11. The van der Waals surface area contributed by atoms with Crippen LogP contribution < -0.4 is 24.8 Å². The topological polar surface area (TPSA) is 206 Å². The molecule has 4 heterocycles. The standard InChI is InChI=1S/C47H64N6O10S/c1-31-36-16-9-4-3-5-10-18-38(49-45(57)58)43(55)53-30-33(29-39(53)41(54)50-47(31,36)44(56)51-64(59,60)46(2)21-22-46)63-42-35(15-8-6-7-13-32-19-20-32)40(34-14-11-12-17-37(34)48-42)62-28-25-52-23-26-61-27-24-52/h9,11-12,14,16-17,32-33,36,38-39,49H,1,3-8,10,13,15,18-30H2,2H3,(H,50,54)(H,51,56)(H,57,58). The lowest BCUT2D eigenvalue weighted by Crippen LogP contribution is -2.58. The lowest BCUT2D eigenvalue weighted by atomic mass is 10.0. The fraction of sp³-hybridized carbons (Fsp3) is 0.638. The summed E-state index contributed by atoms with van der Waals surface area (Å²) in [5.41, 5.74) is 0.0227. The van der Waals surface area contributed by atoms with E-state index < -0.39 is 68.2 Å². The molecule has 2 saturated heterocycles. The summed E-state index contributed by atoms with van der Waals surface area (Å²) in [6, 6.07) is 5.39. The van der Waals surface area contributed by atoms with E-state index in [0.717, 1.165) is 55.6 Å². The van der Waals surface area contributed by atoms with E-state index in [-0.39, 0.29) is 19.4 Å². The van der Waals surface area contributed by atoms with Crippen molar-refractivity contribution in [2.75, 3.05) is 46.0 Å². The molecule has 3 aliphatic heterocycles. The van der Waals surface area contributed by atoms with Crippen LogP contribution in [0, 0.1) is 11.8 Å². The largest absolute Gasteiger partial charge is 0.491 e. The van der Waals surface area contributed by atoms with E-state index in [9.17, 15) is 32.7 Å². The van der Waals surface area contributed by atoms with Crippen molar-refractivity contribution in [2.45, 2.75) is 132 Å². The number of benzene rings is 1.